The Hall–Kier alpha value is 0.0569. The van der Waals surface area contributed by atoms with Crippen LogP contribution in [0.15, 0.2) is 0 Å². The third-order valence-corrected chi connectivity index (χ3v) is 11.7. The first-order valence-electron chi connectivity index (χ1n) is 18.0. The van der Waals surface area contributed by atoms with Gasteiger partial charge >= 0.3 is 8.80 Å². The quantitative estimate of drug-likeness (QED) is 0.0592. The van der Waals surface area contributed by atoms with E-state index in [1.807, 2.05) is 0 Å². The van der Waals surface area contributed by atoms with Crippen LogP contribution in [-0.4, -0.2) is 41.8 Å². The lowest BCUT2D eigenvalue weighted by Gasteiger charge is -2.24. The average molecular weight is 587 g/mol. The van der Waals surface area contributed by atoms with Crippen LogP contribution >= 0.6 is 0 Å². The fraction of sp³-hybridized carbons (Fsp3) is 1.00. The molecule has 0 atom stereocenters. The zero-order valence-electron chi connectivity index (χ0n) is 27.8. The molecule has 0 amide bonds. The molecule has 0 radical (unpaired) electrons. The second-order valence-electron chi connectivity index (χ2n) is 12.4. The van der Waals surface area contributed by atoms with Crippen molar-refractivity contribution in [3.63, 3.8) is 0 Å². The molecule has 0 heterocycles. The van der Waals surface area contributed by atoms with Gasteiger partial charge in [-0.3, -0.25) is 0 Å². The number of rotatable bonds is 35. The maximum Gasteiger partial charge on any atom is 0.500 e. The molecule has 5 heteroatoms. The van der Waals surface area contributed by atoms with Crippen molar-refractivity contribution in [1.29, 1.82) is 0 Å². The molecule has 40 heavy (non-hydrogen) atoms. The minimum absolute atomic E-state index is 0.369. The van der Waals surface area contributed by atoms with E-state index in [0.717, 1.165) is 18.9 Å². The molecule has 0 aliphatic heterocycles. The van der Waals surface area contributed by atoms with Crippen LogP contribution in [-0.2, 0) is 13.3 Å². The summed E-state index contributed by atoms with van der Waals surface area (Å²) in [5.74, 6) is 0. The molecule has 0 saturated heterocycles. The van der Waals surface area contributed by atoms with E-state index in [0.29, 0.717) is 6.61 Å². The van der Waals surface area contributed by atoms with Crippen molar-refractivity contribution < 1.29 is 18.4 Å². The second-order valence-corrected chi connectivity index (χ2v) is 15.5. The molecular weight excluding hydrogens is 512 g/mol. The van der Waals surface area contributed by atoms with Crippen molar-refractivity contribution >= 4 is 8.80 Å². The van der Waals surface area contributed by atoms with Crippen molar-refractivity contribution in [2.45, 2.75) is 199 Å². The van der Waals surface area contributed by atoms with Crippen molar-refractivity contribution in [2.75, 3.05) is 27.9 Å². The SMILES string of the molecule is CO[Si](CCCCCCCCCCCCCCCCCCCCCCCCCCCCCCCCO)(OC)OC. The van der Waals surface area contributed by atoms with Crippen molar-refractivity contribution in [3.05, 3.63) is 0 Å². The van der Waals surface area contributed by atoms with Gasteiger partial charge in [-0.15, -0.1) is 0 Å². The molecule has 0 aromatic rings. The smallest absolute Gasteiger partial charge is 0.396 e. The summed E-state index contributed by atoms with van der Waals surface area (Å²) in [5.41, 5.74) is 0. The molecule has 0 fully saturated rings. The highest BCUT2D eigenvalue weighted by atomic mass is 28.4. The summed E-state index contributed by atoms with van der Waals surface area (Å²) in [4.78, 5) is 0. The molecular formula is C35H74O4Si. The molecule has 1 N–H and O–H groups in total. The number of hydrogen-bond donors (Lipinski definition) is 1. The van der Waals surface area contributed by atoms with Gasteiger partial charge in [-0.2, -0.15) is 0 Å². The highest BCUT2D eigenvalue weighted by molar-refractivity contribution is 6.60. The molecule has 0 rings (SSSR count). The van der Waals surface area contributed by atoms with Gasteiger partial charge in [0.2, 0.25) is 0 Å². The van der Waals surface area contributed by atoms with Crippen LogP contribution in [0.2, 0.25) is 6.04 Å². The zero-order chi connectivity index (χ0) is 29.2. The maximum atomic E-state index is 8.79. The fourth-order valence-corrected chi connectivity index (χ4v) is 7.75. The summed E-state index contributed by atoms with van der Waals surface area (Å²) in [7, 11) is 2.78. The molecule has 0 aliphatic rings. The topological polar surface area (TPSA) is 47.9 Å². The number of aliphatic hydroxyl groups is 1. The van der Waals surface area contributed by atoms with Gasteiger partial charge in [-0.05, 0) is 12.8 Å². The molecule has 0 unspecified atom stereocenters. The summed E-state index contributed by atoms with van der Waals surface area (Å²) < 4.78 is 16.5. The van der Waals surface area contributed by atoms with Crippen molar-refractivity contribution in [3.8, 4) is 0 Å². The van der Waals surface area contributed by atoms with Crippen LogP contribution in [0.5, 0.6) is 0 Å². The lowest BCUT2D eigenvalue weighted by Crippen LogP contribution is -2.42. The van der Waals surface area contributed by atoms with E-state index >= 15 is 0 Å². The Morgan fingerprint density at radius 2 is 0.475 bits per heavy atom. The van der Waals surface area contributed by atoms with Crippen LogP contribution in [0.3, 0.4) is 0 Å². The molecule has 0 bridgehead atoms. The minimum atomic E-state index is -2.34. The zero-order valence-corrected chi connectivity index (χ0v) is 28.8. The van der Waals surface area contributed by atoms with E-state index in [9.17, 15) is 0 Å². The van der Waals surface area contributed by atoms with E-state index in [1.165, 1.54) is 180 Å². The Balaban J connectivity index is 3.12. The van der Waals surface area contributed by atoms with Gasteiger partial charge in [-0.1, -0.05) is 180 Å². The minimum Gasteiger partial charge on any atom is -0.396 e. The first-order valence-corrected chi connectivity index (χ1v) is 19.9. The lowest BCUT2D eigenvalue weighted by molar-refractivity contribution is 0.122. The summed E-state index contributed by atoms with van der Waals surface area (Å²) in [5, 5.41) is 8.79. The number of aliphatic hydroxyl groups excluding tert-OH is 1. The van der Waals surface area contributed by atoms with Crippen LogP contribution in [0.25, 0.3) is 0 Å². The van der Waals surface area contributed by atoms with Gasteiger partial charge in [0.1, 0.15) is 0 Å². The maximum absolute atomic E-state index is 8.79. The Morgan fingerprint density at radius 3 is 0.650 bits per heavy atom. The Bertz CT molecular complexity index is 450. The molecule has 4 nitrogen and oxygen atoms in total. The predicted molar refractivity (Wildman–Crippen MR) is 177 cm³/mol. The first kappa shape index (κ1) is 40.1. The third-order valence-electron chi connectivity index (χ3n) is 8.82. The van der Waals surface area contributed by atoms with E-state index in [2.05, 4.69) is 0 Å². The van der Waals surface area contributed by atoms with Crippen LogP contribution in [0, 0.1) is 0 Å². The number of hydrogen-bond acceptors (Lipinski definition) is 4. The Morgan fingerprint density at radius 1 is 0.300 bits per heavy atom. The molecule has 0 spiro atoms. The van der Waals surface area contributed by atoms with Crippen LogP contribution < -0.4 is 0 Å². The highest BCUT2D eigenvalue weighted by Gasteiger charge is 2.36. The van der Waals surface area contributed by atoms with E-state index in [4.69, 9.17) is 18.4 Å². The molecule has 0 aromatic heterocycles. The normalized spacial score (nSPS) is 12.0. The largest absolute Gasteiger partial charge is 0.500 e. The van der Waals surface area contributed by atoms with E-state index in [1.54, 1.807) is 21.3 Å². The van der Waals surface area contributed by atoms with Crippen LogP contribution in [0.1, 0.15) is 193 Å². The second kappa shape index (κ2) is 33.6. The summed E-state index contributed by atoms with van der Waals surface area (Å²) in [6, 6.07) is 0.937. The fourth-order valence-electron chi connectivity index (χ4n) is 5.96. The summed E-state index contributed by atoms with van der Waals surface area (Å²) >= 11 is 0. The first-order chi connectivity index (χ1) is 19.7. The van der Waals surface area contributed by atoms with E-state index < -0.39 is 8.80 Å². The summed E-state index contributed by atoms with van der Waals surface area (Å²) in [6.45, 7) is 0.369. The van der Waals surface area contributed by atoms with Gasteiger partial charge in [0.05, 0.1) is 0 Å². The highest BCUT2D eigenvalue weighted by Crippen LogP contribution is 2.19. The van der Waals surface area contributed by atoms with Crippen molar-refractivity contribution in [2.24, 2.45) is 0 Å². The predicted octanol–water partition coefficient (Wildman–Crippen LogP) is 11.6. The standard InChI is InChI=1S/C35H74O4Si/c1-37-40(38-2,39-3)35-33-31-29-27-25-23-21-19-17-15-13-11-9-7-5-4-6-8-10-12-14-16-18-20-22-24-26-28-30-32-34-36/h36H,4-35H2,1-3H3. The number of unbranched alkanes of at least 4 members (excludes halogenated alkanes) is 29. The third kappa shape index (κ3) is 28.2. The average Bonchev–Trinajstić information content (AvgIpc) is 2.98. The molecule has 242 valence electrons. The van der Waals surface area contributed by atoms with Gasteiger partial charge in [-0.25, -0.2) is 0 Å². The van der Waals surface area contributed by atoms with Gasteiger partial charge in [0, 0.05) is 34.0 Å². The Kier molecular flexibility index (Phi) is 33.6. The monoisotopic (exact) mass is 587 g/mol. The van der Waals surface area contributed by atoms with Gasteiger partial charge in [0.25, 0.3) is 0 Å². The van der Waals surface area contributed by atoms with Crippen LogP contribution in [0.4, 0.5) is 0 Å². The molecule has 0 aromatic carbocycles. The van der Waals surface area contributed by atoms with Crippen molar-refractivity contribution in [1.82, 2.24) is 0 Å². The molecule has 0 aliphatic carbocycles. The van der Waals surface area contributed by atoms with Gasteiger partial charge < -0.3 is 18.4 Å². The summed E-state index contributed by atoms with van der Waals surface area (Å²) in [6.07, 6.45) is 41.8. The Labute approximate surface area is 253 Å². The lowest BCUT2D eigenvalue weighted by atomic mass is 10.0. The van der Waals surface area contributed by atoms with Gasteiger partial charge in [0.15, 0.2) is 0 Å². The molecule has 0 saturated carbocycles. The van der Waals surface area contributed by atoms with E-state index in [-0.39, 0.29) is 0 Å².